The summed E-state index contributed by atoms with van der Waals surface area (Å²) in [5.41, 5.74) is 3.08. The lowest BCUT2D eigenvalue weighted by Gasteiger charge is -2.27. The Labute approximate surface area is 126 Å². The maximum absolute atomic E-state index is 6.30. The molecule has 1 aliphatic heterocycles. The van der Waals surface area contributed by atoms with E-state index in [9.17, 15) is 0 Å². The van der Waals surface area contributed by atoms with E-state index in [1.165, 1.54) is 5.56 Å². The van der Waals surface area contributed by atoms with Crippen molar-refractivity contribution in [2.45, 2.75) is 31.9 Å². The van der Waals surface area contributed by atoms with Crippen LogP contribution >= 0.6 is 0 Å². The summed E-state index contributed by atoms with van der Waals surface area (Å²) >= 11 is 0. The van der Waals surface area contributed by atoms with Crippen LogP contribution in [-0.4, -0.2) is 5.60 Å². The smallest absolute Gasteiger partial charge is 0.116 e. The van der Waals surface area contributed by atoms with Gasteiger partial charge in [0.2, 0.25) is 0 Å². The van der Waals surface area contributed by atoms with Gasteiger partial charge in [-0.3, -0.25) is 4.84 Å². The van der Waals surface area contributed by atoms with E-state index in [0.29, 0.717) is 0 Å². The molecule has 0 aromatic heterocycles. The lowest BCUT2D eigenvalue weighted by molar-refractivity contribution is 0.0299. The molecular formula is C19H21NO. The highest BCUT2D eigenvalue weighted by Gasteiger charge is 2.43. The molecule has 2 nitrogen and oxygen atoms in total. The molecule has 108 valence electrons. The van der Waals surface area contributed by atoms with Gasteiger partial charge in [0.1, 0.15) is 5.60 Å². The van der Waals surface area contributed by atoms with Gasteiger partial charge in [0.25, 0.3) is 0 Å². The second kappa shape index (κ2) is 5.38. The van der Waals surface area contributed by atoms with Gasteiger partial charge in [-0.2, -0.15) is 0 Å². The molecular weight excluding hydrogens is 258 g/mol. The van der Waals surface area contributed by atoms with Gasteiger partial charge in [-0.1, -0.05) is 55.1 Å². The molecule has 2 aromatic carbocycles. The quantitative estimate of drug-likeness (QED) is 0.741. The van der Waals surface area contributed by atoms with Gasteiger partial charge in [0.15, 0.2) is 0 Å². The van der Waals surface area contributed by atoms with Crippen molar-refractivity contribution in [3.05, 3.63) is 78.4 Å². The Bertz CT molecular complexity index is 573. The molecule has 2 aromatic rings. The third kappa shape index (κ3) is 2.59. The minimum atomic E-state index is -0.323. The van der Waals surface area contributed by atoms with E-state index >= 15 is 0 Å². The van der Waals surface area contributed by atoms with Crippen LogP contribution in [0.15, 0.2) is 72.8 Å². The van der Waals surface area contributed by atoms with Crippen LogP contribution in [0.2, 0.25) is 0 Å². The van der Waals surface area contributed by atoms with Crippen LogP contribution in [0.3, 0.4) is 0 Å². The SMILES string of the molecule is C=C(C)[C@]1(C)C[C@H](c2ccccc2)N(c2ccccc2)O1. The second-order valence-corrected chi connectivity index (χ2v) is 5.89. The first-order chi connectivity index (χ1) is 10.1. The summed E-state index contributed by atoms with van der Waals surface area (Å²) in [5.74, 6) is 0. The number of nitrogens with zero attached hydrogens (tertiary/aromatic N) is 1. The second-order valence-electron chi connectivity index (χ2n) is 5.89. The number of anilines is 1. The van der Waals surface area contributed by atoms with Crippen molar-refractivity contribution in [1.82, 2.24) is 0 Å². The van der Waals surface area contributed by atoms with E-state index in [1.807, 2.05) is 36.3 Å². The molecule has 0 spiro atoms. The molecule has 1 fully saturated rings. The molecule has 0 radical (unpaired) electrons. The zero-order chi connectivity index (χ0) is 14.9. The van der Waals surface area contributed by atoms with Gasteiger partial charge >= 0.3 is 0 Å². The van der Waals surface area contributed by atoms with Crippen LogP contribution in [0.4, 0.5) is 5.69 Å². The summed E-state index contributed by atoms with van der Waals surface area (Å²) in [4.78, 5) is 6.30. The van der Waals surface area contributed by atoms with Crippen LogP contribution in [0.25, 0.3) is 0 Å². The fourth-order valence-corrected chi connectivity index (χ4v) is 2.76. The Morgan fingerprint density at radius 2 is 1.67 bits per heavy atom. The molecule has 3 rings (SSSR count). The zero-order valence-corrected chi connectivity index (χ0v) is 12.6. The first-order valence-corrected chi connectivity index (χ1v) is 7.34. The summed E-state index contributed by atoms with van der Waals surface area (Å²) < 4.78 is 0. The number of hydroxylamine groups is 1. The van der Waals surface area contributed by atoms with Crippen molar-refractivity contribution in [3.63, 3.8) is 0 Å². The van der Waals surface area contributed by atoms with Crippen LogP contribution in [0.1, 0.15) is 31.9 Å². The van der Waals surface area contributed by atoms with Crippen molar-refractivity contribution in [2.24, 2.45) is 0 Å². The molecule has 0 N–H and O–H groups in total. The fraction of sp³-hybridized carbons (Fsp3) is 0.263. The molecule has 1 heterocycles. The molecule has 1 saturated heterocycles. The molecule has 0 unspecified atom stereocenters. The Morgan fingerprint density at radius 3 is 2.24 bits per heavy atom. The molecule has 21 heavy (non-hydrogen) atoms. The molecule has 0 amide bonds. The number of para-hydroxylation sites is 1. The van der Waals surface area contributed by atoms with E-state index in [2.05, 4.69) is 49.9 Å². The minimum absolute atomic E-state index is 0.204. The average Bonchev–Trinajstić information content (AvgIpc) is 2.89. The van der Waals surface area contributed by atoms with E-state index in [4.69, 9.17) is 4.84 Å². The maximum Gasteiger partial charge on any atom is 0.116 e. The predicted octanol–water partition coefficient (Wildman–Crippen LogP) is 4.90. The lowest BCUT2D eigenvalue weighted by atomic mass is 9.89. The number of hydrogen-bond donors (Lipinski definition) is 0. The van der Waals surface area contributed by atoms with Gasteiger partial charge in [-0.15, -0.1) is 0 Å². The van der Waals surface area contributed by atoms with Crippen molar-refractivity contribution >= 4 is 5.69 Å². The lowest BCUT2D eigenvalue weighted by Crippen LogP contribution is -2.28. The third-order valence-corrected chi connectivity index (χ3v) is 4.26. The van der Waals surface area contributed by atoms with Crippen molar-refractivity contribution in [1.29, 1.82) is 0 Å². The highest BCUT2D eigenvalue weighted by atomic mass is 16.7. The van der Waals surface area contributed by atoms with E-state index < -0.39 is 0 Å². The largest absolute Gasteiger partial charge is 0.262 e. The van der Waals surface area contributed by atoms with E-state index in [-0.39, 0.29) is 11.6 Å². The van der Waals surface area contributed by atoms with Crippen LogP contribution in [-0.2, 0) is 4.84 Å². The molecule has 2 atom stereocenters. The topological polar surface area (TPSA) is 12.5 Å². The summed E-state index contributed by atoms with van der Waals surface area (Å²) in [5, 5.41) is 2.03. The third-order valence-electron chi connectivity index (χ3n) is 4.26. The first kappa shape index (κ1) is 13.9. The minimum Gasteiger partial charge on any atom is -0.262 e. The molecule has 0 saturated carbocycles. The predicted molar refractivity (Wildman–Crippen MR) is 87.0 cm³/mol. The molecule has 2 heteroatoms. The Balaban J connectivity index is 2.01. The van der Waals surface area contributed by atoms with Crippen LogP contribution in [0, 0.1) is 0 Å². The molecule has 1 aliphatic rings. The van der Waals surface area contributed by atoms with Crippen molar-refractivity contribution < 1.29 is 4.84 Å². The van der Waals surface area contributed by atoms with Gasteiger partial charge in [0.05, 0.1) is 11.7 Å². The molecule has 0 aliphatic carbocycles. The van der Waals surface area contributed by atoms with Crippen molar-refractivity contribution in [3.8, 4) is 0 Å². The number of rotatable bonds is 3. The van der Waals surface area contributed by atoms with E-state index in [1.54, 1.807) is 0 Å². The normalized spacial score (nSPS) is 25.0. The molecule has 0 bridgehead atoms. The van der Waals surface area contributed by atoms with Gasteiger partial charge in [-0.05, 0) is 37.1 Å². The monoisotopic (exact) mass is 279 g/mol. The van der Waals surface area contributed by atoms with E-state index in [0.717, 1.165) is 17.7 Å². The summed E-state index contributed by atoms with van der Waals surface area (Å²) in [7, 11) is 0. The summed E-state index contributed by atoms with van der Waals surface area (Å²) in [6.07, 6.45) is 0.904. The van der Waals surface area contributed by atoms with Crippen LogP contribution < -0.4 is 5.06 Å². The number of benzene rings is 2. The number of hydrogen-bond acceptors (Lipinski definition) is 2. The fourth-order valence-electron chi connectivity index (χ4n) is 2.76. The Kier molecular flexibility index (Phi) is 3.56. The Hall–Kier alpha value is -2.06. The summed E-state index contributed by atoms with van der Waals surface area (Å²) in [6, 6.07) is 21.0. The first-order valence-electron chi connectivity index (χ1n) is 7.34. The zero-order valence-electron chi connectivity index (χ0n) is 12.6. The Morgan fingerprint density at radius 1 is 1.10 bits per heavy atom. The van der Waals surface area contributed by atoms with Gasteiger partial charge in [0, 0.05) is 6.42 Å². The summed E-state index contributed by atoms with van der Waals surface area (Å²) in [6.45, 7) is 8.27. The maximum atomic E-state index is 6.30. The average molecular weight is 279 g/mol. The standard InChI is InChI=1S/C19H21NO/c1-15(2)19(3)14-18(16-10-6-4-7-11-16)20(21-19)17-12-8-5-9-13-17/h4-13,18H,1,14H2,2-3H3/t18-,19+/m1/s1. The van der Waals surface area contributed by atoms with Gasteiger partial charge < -0.3 is 0 Å². The van der Waals surface area contributed by atoms with Gasteiger partial charge in [-0.25, -0.2) is 5.06 Å². The van der Waals surface area contributed by atoms with Crippen LogP contribution in [0.5, 0.6) is 0 Å². The van der Waals surface area contributed by atoms with Crippen molar-refractivity contribution in [2.75, 3.05) is 5.06 Å². The highest BCUT2D eigenvalue weighted by Crippen LogP contribution is 2.45. The highest BCUT2D eigenvalue weighted by molar-refractivity contribution is 5.48.